The minimum atomic E-state index is 0.136. The number of furan rings is 1. The molecule has 0 radical (unpaired) electrons. The van der Waals surface area contributed by atoms with Gasteiger partial charge < -0.3 is 13.9 Å². The lowest BCUT2D eigenvalue weighted by Gasteiger charge is -2.13. The predicted octanol–water partition coefficient (Wildman–Crippen LogP) is 11.0. The first-order chi connectivity index (χ1) is 22.8. The van der Waals surface area contributed by atoms with Gasteiger partial charge in [0.15, 0.2) is 0 Å². The van der Waals surface area contributed by atoms with Crippen LogP contribution in [0.25, 0.3) is 77.8 Å². The Hall–Kier alpha value is -6.13. The molecule has 0 bridgehead atoms. The van der Waals surface area contributed by atoms with Gasteiger partial charge in [-0.3, -0.25) is 0 Å². The van der Waals surface area contributed by atoms with E-state index in [1.165, 1.54) is 0 Å². The third kappa shape index (κ3) is 4.59. The first kappa shape index (κ1) is 26.3. The van der Waals surface area contributed by atoms with Crippen LogP contribution in [0.15, 0.2) is 156 Å². The molecule has 0 N–H and O–H groups in total. The van der Waals surface area contributed by atoms with Crippen molar-refractivity contribution in [2.75, 3.05) is 6.79 Å². The summed E-state index contributed by atoms with van der Waals surface area (Å²) in [4.78, 5) is 5.05. The summed E-state index contributed by atoms with van der Waals surface area (Å²) < 4.78 is 18.4. The molecule has 0 atom stereocenters. The lowest BCUT2D eigenvalue weighted by Crippen LogP contribution is -2.03. The van der Waals surface area contributed by atoms with Gasteiger partial charge in [-0.1, -0.05) is 97.1 Å². The van der Waals surface area contributed by atoms with Crippen LogP contribution in [0.1, 0.15) is 0 Å². The van der Waals surface area contributed by atoms with Crippen LogP contribution in [0.3, 0.4) is 0 Å². The normalized spacial score (nSPS) is 12.2. The molecule has 218 valence electrons. The number of hydrogen-bond acceptors (Lipinski definition) is 4. The van der Waals surface area contributed by atoms with E-state index in [1.54, 1.807) is 0 Å². The third-order valence-electron chi connectivity index (χ3n) is 8.69. The van der Waals surface area contributed by atoms with E-state index in [9.17, 15) is 0 Å². The van der Waals surface area contributed by atoms with Crippen LogP contribution in [-0.2, 0) is 0 Å². The number of nitrogens with zero attached hydrogens (tertiary/aromatic N) is 1. The fourth-order valence-corrected chi connectivity index (χ4v) is 6.36. The van der Waals surface area contributed by atoms with Crippen LogP contribution in [0, 0.1) is 0 Å². The van der Waals surface area contributed by atoms with Crippen molar-refractivity contribution in [1.82, 2.24) is 4.98 Å². The summed E-state index contributed by atoms with van der Waals surface area (Å²) in [6.07, 6.45) is 0. The monoisotopic (exact) mass is 593 g/mol. The van der Waals surface area contributed by atoms with Crippen LogP contribution in [-0.4, -0.2) is 11.8 Å². The minimum absolute atomic E-state index is 0.136. The molecule has 0 spiro atoms. The third-order valence-corrected chi connectivity index (χ3v) is 8.69. The maximum Gasteiger partial charge on any atom is 0.230 e. The zero-order valence-electron chi connectivity index (χ0n) is 24.8. The lowest BCUT2D eigenvalue weighted by atomic mass is 9.94. The zero-order chi connectivity index (χ0) is 30.5. The van der Waals surface area contributed by atoms with Crippen molar-refractivity contribution in [3.05, 3.63) is 152 Å². The van der Waals surface area contributed by atoms with Crippen LogP contribution in [0.4, 0.5) is 0 Å². The van der Waals surface area contributed by atoms with Crippen molar-refractivity contribution in [3.63, 3.8) is 0 Å². The Balaban J connectivity index is 1.14. The van der Waals surface area contributed by atoms with E-state index >= 15 is 0 Å². The van der Waals surface area contributed by atoms with Gasteiger partial charge in [0.25, 0.3) is 0 Å². The number of fused-ring (bicyclic) bond motifs is 6. The molecule has 0 saturated carbocycles. The van der Waals surface area contributed by atoms with E-state index in [1.807, 2.05) is 60.7 Å². The molecule has 8 aromatic rings. The van der Waals surface area contributed by atoms with Gasteiger partial charge in [0.2, 0.25) is 6.79 Å². The molecule has 1 aliphatic rings. The van der Waals surface area contributed by atoms with Crippen molar-refractivity contribution >= 4 is 21.9 Å². The number of pyridine rings is 1. The molecule has 0 aliphatic carbocycles. The average Bonchev–Trinajstić information content (AvgIpc) is 3.40. The Kier molecular flexibility index (Phi) is 6.17. The largest absolute Gasteiger partial charge is 0.457 e. The molecular weight excluding hydrogens is 566 g/mol. The molecule has 0 fully saturated rings. The summed E-state index contributed by atoms with van der Waals surface area (Å²) in [5.41, 5.74) is 12.1. The molecule has 6 aromatic carbocycles. The second kappa shape index (κ2) is 10.8. The number of para-hydroxylation sites is 1. The quantitative estimate of drug-likeness (QED) is 0.204. The second-order valence-electron chi connectivity index (χ2n) is 11.5. The summed E-state index contributed by atoms with van der Waals surface area (Å²) >= 11 is 0. The van der Waals surface area contributed by atoms with Crippen LogP contribution in [0.2, 0.25) is 0 Å². The highest BCUT2D eigenvalue weighted by Crippen LogP contribution is 2.44. The molecular formula is C42H27NO3. The average molecular weight is 594 g/mol. The fourth-order valence-electron chi connectivity index (χ4n) is 6.36. The molecule has 0 unspecified atom stereocenters. The highest BCUT2D eigenvalue weighted by atomic mass is 16.7. The van der Waals surface area contributed by atoms with Crippen LogP contribution < -0.4 is 9.47 Å². The second-order valence-corrected chi connectivity index (χ2v) is 11.5. The molecule has 46 heavy (non-hydrogen) atoms. The zero-order valence-corrected chi connectivity index (χ0v) is 24.8. The Bertz CT molecular complexity index is 2340. The van der Waals surface area contributed by atoms with E-state index in [2.05, 4.69) is 91.0 Å². The van der Waals surface area contributed by atoms with Gasteiger partial charge in [-0.25, -0.2) is 4.98 Å². The molecule has 0 amide bonds. The highest BCUT2D eigenvalue weighted by molar-refractivity contribution is 6.06. The van der Waals surface area contributed by atoms with Crippen molar-refractivity contribution in [2.45, 2.75) is 0 Å². The summed E-state index contributed by atoms with van der Waals surface area (Å²) in [7, 11) is 0. The molecule has 9 rings (SSSR count). The molecule has 2 aromatic heterocycles. The van der Waals surface area contributed by atoms with E-state index < -0.39 is 0 Å². The SMILES string of the molecule is c1ccc(-c2cc(-c3ccc4c(c3)OCOc3ccc(-c5ccc6oc7ccccc7c6c5)cc3-4)cc(-c3ccccc3)n2)cc1. The Morgan fingerprint density at radius 1 is 0.391 bits per heavy atom. The van der Waals surface area contributed by atoms with E-state index in [0.717, 1.165) is 89.3 Å². The number of hydrogen-bond donors (Lipinski definition) is 0. The summed E-state index contributed by atoms with van der Waals surface area (Å²) in [5.74, 6) is 1.58. The van der Waals surface area contributed by atoms with Gasteiger partial charge >= 0.3 is 0 Å². The summed E-state index contributed by atoms with van der Waals surface area (Å²) in [5, 5.41) is 2.22. The number of rotatable bonds is 4. The number of benzene rings is 6. The van der Waals surface area contributed by atoms with E-state index in [0.29, 0.717) is 0 Å². The maximum atomic E-state index is 6.21. The van der Waals surface area contributed by atoms with Gasteiger partial charge in [0.1, 0.15) is 22.7 Å². The summed E-state index contributed by atoms with van der Waals surface area (Å²) in [6.45, 7) is 0.136. The molecule has 1 aliphatic heterocycles. The van der Waals surface area contributed by atoms with Gasteiger partial charge in [0, 0.05) is 33.0 Å². The van der Waals surface area contributed by atoms with Crippen molar-refractivity contribution in [2.24, 2.45) is 0 Å². The fraction of sp³-hybridized carbons (Fsp3) is 0.0238. The number of aromatic nitrogens is 1. The molecule has 4 heteroatoms. The van der Waals surface area contributed by atoms with Crippen LogP contribution in [0.5, 0.6) is 11.5 Å². The van der Waals surface area contributed by atoms with Crippen LogP contribution >= 0.6 is 0 Å². The lowest BCUT2D eigenvalue weighted by molar-refractivity contribution is 0.125. The Morgan fingerprint density at radius 3 is 1.78 bits per heavy atom. The standard InChI is InChI=1S/C42H27NO3/c1-3-9-27(10-4-1)37-23-32(24-38(43-37)28-11-5-2-6-12-28)31-15-18-34-35-21-29(16-19-39(35)44-26-45-42(34)25-31)30-17-20-41-36(22-30)33-13-7-8-14-40(33)46-41/h1-25H,26H2. The predicted molar refractivity (Wildman–Crippen MR) is 185 cm³/mol. The van der Waals surface area contributed by atoms with Gasteiger partial charge in [0.05, 0.1) is 11.4 Å². The summed E-state index contributed by atoms with van der Waals surface area (Å²) in [6, 6.07) is 52.2. The van der Waals surface area contributed by atoms with Gasteiger partial charge in [-0.2, -0.15) is 0 Å². The molecule has 4 nitrogen and oxygen atoms in total. The van der Waals surface area contributed by atoms with E-state index in [4.69, 9.17) is 18.9 Å². The van der Waals surface area contributed by atoms with E-state index in [-0.39, 0.29) is 6.79 Å². The maximum absolute atomic E-state index is 6.21. The van der Waals surface area contributed by atoms with Crippen molar-refractivity contribution in [3.8, 4) is 67.4 Å². The highest BCUT2D eigenvalue weighted by Gasteiger charge is 2.19. The smallest absolute Gasteiger partial charge is 0.230 e. The Labute approximate surface area is 266 Å². The van der Waals surface area contributed by atoms with Gasteiger partial charge in [-0.15, -0.1) is 0 Å². The minimum Gasteiger partial charge on any atom is -0.457 e. The van der Waals surface area contributed by atoms with Gasteiger partial charge in [-0.05, 0) is 76.9 Å². The first-order valence-corrected chi connectivity index (χ1v) is 15.4. The van der Waals surface area contributed by atoms with Crippen molar-refractivity contribution < 1.29 is 13.9 Å². The van der Waals surface area contributed by atoms with Crippen molar-refractivity contribution in [1.29, 1.82) is 0 Å². The molecule has 3 heterocycles. The molecule has 0 saturated heterocycles. The first-order valence-electron chi connectivity index (χ1n) is 15.4. The Morgan fingerprint density at radius 2 is 1.00 bits per heavy atom. The topological polar surface area (TPSA) is 44.5 Å². The number of ether oxygens (including phenoxy) is 2.